The molecule has 11 nitrogen and oxygen atoms in total. The maximum Gasteiger partial charge on any atom is 0.255 e. The molecule has 0 aromatic heterocycles. The number of hydrogen-bond acceptors (Lipinski definition) is 10. The summed E-state index contributed by atoms with van der Waals surface area (Å²) in [5, 5.41) is 45.5. The number of aliphatic hydroxyl groups excluding tert-OH is 2. The molecule has 0 saturated heterocycles. The van der Waals surface area contributed by atoms with Gasteiger partial charge in [-0.1, -0.05) is 20.8 Å². The SMILES string of the molecule is CC(=O)C(N)c1cc(C(C)(C)C)c(O)c2c1C[C@H]1C[C@H]3[C@H](N(C)C)C(=O)C(C(N)=O)=C(O)[C@@]3(O)C(=O)C1=C2O. The summed E-state index contributed by atoms with van der Waals surface area (Å²) in [6, 6.07) is -0.611. The van der Waals surface area contributed by atoms with Gasteiger partial charge >= 0.3 is 0 Å². The molecule has 1 saturated carbocycles. The van der Waals surface area contributed by atoms with E-state index in [1.165, 1.54) is 25.9 Å². The van der Waals surface area contributed by atoms with E-state index in [1.54, 1.807) is 6.07 Å². The summed E-state index contributed by atoms with van der Waals surface area (Å²) in [6.45, 7) is 6.79. The van der Waals surface area contributed by atoms with Crippen molar-refractivity contribution in [3.05, 3.63) is 45.2 Å². The lowest BCUT2D eigenvalue weighted by molar-refractivity contribution is -0.153. The predicted molar refractivity (Wildman–Crippen MR) is 141 cm³/mol. The van der Waals surface area contributed by atoms with Crippen LogP contribution in [0.3, 0.4) is 0 Å². The molecule has 1 fully saturated rings. The molecule has 1 aromatic carbocycles. The third-order valence-electron chi connectivity index (χ3n) is 8.34. The summed E-state index contributed by atoms with van der Waals surface area (Å²) in [6.07, 6.45) is 0.00509. The molecule has 0 aliphatic heterocycles. The number of likely N-dealkylation sites (N-methyl/N-ethyl adjacent to an activating group) is 1. The first kappa shape index (κ1) is 28.5. The Bertz CT molecular complexity index is 1400. The predicted octanol–water partition coefficient (Wildman–Crippen LogP) is 0.850. The molecular formula is C28H35N3O8. The fourth-order valence-electron chi connectivity index (χ4n) is 6.41. The zero-order chi connectivity index (χ0) is 29.5. The third kappa shape index (κ3) is 3.90. The Balaban J connectivity index is 2.05. The Hall–Kier alpha value is -3.54. The highest BCUT2D eigenvalue weighted by Gasteiger charge is 2.64. The van der Waals surface area contributed by atoms with Crippen molar-refractivity contribution in [3.8, 4) is 5.75 Å². The molecule has 1 amide bonds. The van der Waals surface area contributed by atoms with E-state index in [2.05, 4.69) is 0 Å². The van der Waals surface area contributed by atoms with Crippen LogP contribution in [0.15, 0.2) is 23.0 Å². The average Bonchev–Trinajstić information content (AvgIpc) is 2.79. The van der Waals surface area contributed by atoms with E-state index >= 15 is 0 Å². The van der Waals surface area contributed by atoms with Gasteiger partial charge in [-0.25, -0.2) is 0 Å². The van der Waals surface area contributed by atoms with Gasteiger partial charge in [-0.15, -0.1) is 0 Å². The van der Waals surface area contributed by atoms with Crippen molar-refractivity contribution in [1.29, 1.82) is 0 Å². The van der Waals surface area contributed by atoms with E-state index in [9.17, 15) is 39.6 Å². The zero-order valence-corrected chi connectivity index (χ0v) is 22.8. The Labute approximate surface area is 225 Å². The molecule has 0 bridgehead atoms. The smallest absolute Gasteiger partial charge is 0.255 e. The molecule has 1 aromatic rings. The Kier molecular flexibility index (Phi) is 6.57. The van der Waals surface area contributed by atoms with Crippen molar-refractivity contribution >= 4 is 29.0 Å². The number of nitrogens with two attached hydrogens (primary N) is 2. The maximum absolute atomic E-state index is 14.0. The first-order valence-electron chi connectivity index (χ1n) is 12.7. The van der Waals surface area contributed by atoms with Crippen LogP contribution in [0, 0.1) is 11.8 Å². The fourth-order valence-corrected chi connectivity index (χ4v) is 6.41. The number of benzene rings is 1. The highest BCUT2D eigenvalue weighted by molar-refractivity contribution is 6.24. The van der Waals surface area contributed by atoms with E-state index in [4.69, 9.17) is 11.5 Å². The van der Waals surface area contributed by atoms with Crippen LogP contribution in [0.4, 0.5) is 0 Å². The van der Waals surface area contributed by atoms with Crippen molar-refractivity contribution in [2.75, 3.05) is 14.1 Å². The molecule has 5 atom stereocenters. The summed E-state index contributed by atoms with van der Waals surface area (Å²) in [5.74, 6) is -7.58. The van der Waals surface area contributed by atoms with E-state index in [0.29, 0.717) is 16.7 Å². The number of phenols is 1. The number of aromatic hydroxyl groups is 1. The average molecular weight is 542 g/mol. The number of fused-ring (bicyclic) bond motifs is 3. The quantitative estimate of drug-likeness (QED) is 0.296. The van der Waals surface area contributed by atoms with Crippen LogP contribution in [0.2, 0.25) is 0 Å². The van der Waals surface area contributed by atoms with E-state index in [0.717, 1.165) is 0 Å². The first-order chi connectivity index (χ1) is 17.9. The van der Waals surface area contributed by atoms with Gasteiger partial charge in [0.15, 0.2) is 17.2 Å². The Morgan fingerprint density at radius 3 is 2.23 bits per heavy atom. The van der Waals surface area contributed by atoms with E-state index < -0.39 is 69.5 Å². The molecule has 3 aliphatic carbocycles. The Morgan fingerprint density at radius 1 is 1.15 bits per heavy atom. The number of primary amides is 1. The van der Waals surface area contributed by atoms with Crippen LogP contribution < -0.4 is 11.5 Å². The minimum atomic E-state index is -2.72. The molecule has 0 spiro atoms. The molecule has 11 heteroatoms. The van der Waals surface area contributed by atoms with Gasteiger partial charge in [-0.2, -0.15) is 0 Å². The highest BCUT2D eigenvalue weighted by atomic mass is 16.3. The van der Waals surface area contributed by atoms with Gasteiger partial charge in [-0.05, 0) is 62.4 Å². The number of amides is 1. The Morgan fingerprint density at radius 2 is 1.74 bits per heavy atom. The van der Waals surface area contributed by atoms with Crippen LogP contribution in [-0.2, 0) is 31.0 Å². The molecule has 3 aliphatic rings. The summed E-state index contributed by atoms with van der Waals surface area (Å²) < 4.78 is 0. The van der Waals surface area contributed by atoms with Gasteiger partial charge in [0.25, 0.3) is 5.91 Å². The number of nitrogens with zero attached hydrogens (tertiary/aromatic N) is 1. The number of carbonyl (C=O) groups is 4. The number of ketones is 3. The van der Waals surface area contributed by atoms with Gasteiger partial charge < -0.3 is 31.9 Å². The molecule has 39 heavy (non-hydrogen) atoms. The van der Waals surface area contributed by atoms with E-state index in [1.807, 2.05) is 20.8 Å². The normalized spacial score (nSPS) is 27.8. The fraction of sp³-hybridized carbons (Fsp3) is 0.500. The van der Waals surface area contributed by atoms with Crippen molar-refractivity contribution in [2.45, 2.75) is 63.6 Å². The van der Waals surface area contributed by atoms with Crippen molar-refractivity contribution in [3.63, 3.8) is 0 Å². The largest absolute Gasteiger partial charge is 0.508 e. The number of phenolic OH excluding ortho intramolecular Hbond substituents is 1. The standard InChI is InChI=1S/C28H35N3O8/c1-10(32)19(29)13-9-15(27(2,3)4)21(33)17-12(13)7-11-8-14-20(31(5)6)23(35)18(26(30)38)25(37)28(14,39)24(36)16(11)22(17)34/h9,11,14,19-20,33-34,37,39H,7-8,29H2,1-6H3,(H2,30,38)/t11-,14-,19?,20-,28-/m0/s1. The highest BCUT2D eigenvalue weighted by Crippen LogP contribution is 2.54. The molecule has 0 radical (unpaired) electrons. The maximum atomic E-state index is 14.0. The molecule has 8 N–H and O–H groups in total. The minimum absolute atomic E-state index is 0.0533. The van der Waals surface area contributed by atoms with Crippen LogP contribution >= 0.6 is 0 Å². The van der Waals surface area contributed by atoms with Gasteiger partial charge in [0, 0.05) is 17.1 Å². The summed E-state index contributed by atoms with van der Waals surface area (Å²) >= 11 is 0. The summed E-state index contributed by atoms with van der Waals surface area (Å²) in [5.41, 5.74) is 8.20. The second-order valence-corrected chi connectivity index (χ2v) is 12.0. The molecule has 4 rings (SSSR count). The number of carbonyl (C=O) groups excluding carboxylic acids is 4. The first-order valence-corrected chi connectivity index (χ1v) is 12.7. The van der Waals surface area contributed by atoms with Crippen LogP contribution in [0.1, 0.15) is 62.4 Å². The second-order valence-electron chi connectivity index (χ2n) is 12.0. The van der Waals surface area contributed by atoms with Crippen LogP contribution in [-0.4, -0.2) is 74.3 Å². The lowest BCUT2D eigenvalue weighted by Crippen LogP contribution is -2.65. The van der Waals surface area contributed by atoms with Crippen LogP contribution in [0.5, 0.6) is 5.75 Å². The molecule has 1 unspecified atom stereocenters. The monoisotopic (exact) mass is 541 g/mol. The zero-order valence-electron chi connectivity index (χ0n) is 22.8. The number of aliphatic hydroxyl groups is 3. The lowest BCUT2D eigenvalue weighted by atomic mass is 9.57. The minimum Gasteiger partial charge on any atom is -0.508 e. The summed E-state index contributed by atoms with van der Waals surface area (Å²) in [7, 11) is 3.06. The van der Waals surface area contributed by atoms with Gasteiger partial charge in [-0.3, -0.25) is 24.1 Å². The summed E-state index contributed by atoms with van der Waals surface area (Å²) in [4.78, 5) is 53.1. The van der Waals surface area contributed by atoms with Crippen molar-refractivity contribution < 1.29 is 39.6 Å². The molecule has 0 heterocycles. The van der Waals surface area contributed by atoms with Crippen molar-refractivity contribution in [1.82, 2.24) is 4.90 Å². The topological polar surface area (TPSA) is 204 Å². The van der Waals surface area contributed by atoms with Gasteiger partial charge in [0.2, 0.25) is 5.78 Å². The van der Waals surface area contributed by atoms with Crippen LogP contribution in [0.25, 0.3) is 5.76 Å². The lowest BCUT2D eigenvalue weighted by Gasteiger charge is -2.50. The van der Waals surface area contributed by atoms with Gasteiger partial charge in [0.1, 0.15) is 22.8 Å². The molecule has 210 valence electrons. The second kappa shape index (κ2) is 9.00. The number of Topliss-reactive ketones (excluding diaryl/α,β-unsaturated/α-hetero) is 3. The van der Waals surface area contributed by atoms with E-state index in [-0.39, 0.29) is 35.5 Å². The number of hydrogen-bond donors (Lipinski definition) is 6. The number of rotatable bonds is 4. The van der Waals surface area contributed by atoms with Gasteiger partial charge in [0.05, 0.1) is 17.6 Å². The van der Waals surface area contributed by atoms with Crippen molar-refractivity contribution in [2.24, 2.45) is 23.3 Å². The molecular weight excluding hydrogens is 506 g/mol. The third-order valence-corrected chi connectivity index (χ3v) is 8.34.